The van der Waals surface area contributed by atoms with Crippen molar-refractivity contribution in [3.63, 3.8) is 0 Å². The molecule has 27 heavy (non-hydrogen) atoms. The molecule has 0 spiro atoms. The van der Waals surface area contributed by atoms with Gasteiger partial charge in [-0.2, -0.15) is 0 Å². The molecule has 1 fully saturated rings. The Morgan fingerprint density at radius 1 is 1.15 bits per heavy atom. The van der Waals surface area contributed by atoms with Gasteiger partial charge < -0.3 is 14.3 Å². The molecule has 3 aromatic rings. The minimum atomic E-state index is -0.962. The summed E-state index contributed by atoms with van der Waals surface area (Å²) in [6.07, 6.45) is 3.26. The van der Waals surface area contributed by atoms with Gasteiger partial charge in [0.05, 0.1) is 11.9 Å². The maximum Gasteiger partial charge on any atom is 0.233 e. The van der Waals surface area contributed by atoms with Gasteiger partial charge >= 0.3 is 0 Å². The summed E-state index contributed by atoms with van der Waals surface area (Å²) in [7, 11) is 0. The van der Waals surface area contributed by atoms with E-state index in [0.29, 0.717) is 41.6 Å². The van der Waals surface area contributed by atoms with Gasteiger partial charge in [0, 0.05) is 24.1 Å². The van der Waals surface area contributed by atoms with Crippen LogP contribution in [0, 0.1) is 6.92 Å². The maximum atomic E-state index is 13.9. The van der Waals surface area contributed by atoms with Crippen molar-refractivity contribution < 1.29 is 18.7 Å². The van der Waals surface area contributed by atoms with E-state index in [9.17, 15) is 9.50 Å². The average molecular weight is 369 g/mol. The van der Waals surface area contributed by atoms with Crippen LogP contribution in [0.4, 0.5) is 4.39 Å². The van der Waals surface area contributed by atoms with Crippen LogP contribution < -0.4 is 4.74 Å². The lowest BCUT2D eigenvalue weighted by Gasteiger charge is -2.25. The fourth-order valence-electron chi connectivity index (χ4n) is 3.26. The number of alkyl halides is 1. The van der Waals surface area contributed by atoms with Crippen LogP contribution in [0.3, 0.4) is 0 Å². The van der Waals surface area contributed by atoms with Crippen molar-refractivity contribution in [2.75, 3.05) is 0 Å². The molecule has 0 radical (unpaired) electrons. The molecule has 0 unspecified atom stereocenters. The number of hydrogen-bond acceptors (Lipinski definition) is 6. The van der Waals surface area contributed by atoms with Crippen LogP contribution >= 0.6 is 0 Å². The van der Waals surface area contributed by atoms with Crippen LogP contribution in [0.2, 0.25) is 0 Å². The van der Waals surface area contributed by atoms with E-state index in [0.717, 1.165) is 18.4 Å². The van der Waals surface area contributed by atoms with Gasteiger partial charge in [-0.1, -0.05) is 12.5 Å². The third-order valence-corrected chi connectivity index (χ3v) is 4.71. The zero-order chi connectivity index (χ0) is 18.8. The molecule has 4 rings (SSSR count). The highest BCUT2D eigenvalue weighted by Crippen LogP contribution is 2.33. The van der Waals surface area contributed by atoms with Crippen molar-refractivity contribution in [3.8, 4) is 34.2 Å². The molecule has 1 N–H and O–H groups in total. The molecule has 1 aliphatic carbocycles. The molecule has 140 valence electrons. The van der Waals surface area contributed by atoms with E-state index in [2.05, 4.69) is 15.2 Å². The van der Waals surface area contributed by atoms with Crippen molar-refractivity contribution in [1.82, 2.24) is 15.2 Å². The molecule has 1 aromatic carbocycles. The number of phenols is 1. The van der Waals surface area contributed by atoms with E-state index < -0.39 is 12.3 Å². The van der Waals surface area contributed by atoms with Crippen LogP contribution in [-0.2, 0) is 0 Å². The van der Waals surface area contributed by atoms with Crippen molar-refractivity contribution >= 4 is 0 Å². The number of benzene rings is 1. The van der Waals surface area contributed by atoms with E-state index >= 15 is 0 Å². The number of aromatic nitrogens is 3. The monoisotopic (exact) mass is 369 g/mol. The summed E-state index contributed by atoms with van der Waals surface area (Å²) in [5.74, 6) is 1.49. The van der Waals surface area contributed by atoms with Crippen molar-refractivity contribution in [2.24, 2.45) is 0 Å². The molecular weight excluding hydrogens is 349 g/mol. The van der Waals surface area contributed by atoms with Gasteiger partial charge in [0.15, 0.2) is 11.7 Å². The van der Waals surface area contributed by atoms with Crippen LogP contribution in [0.15, 0.2) is 40.9 Å². The number of halogens is 1. The third-order valence-electron chi connectivity index (χ3n) is 4.71. The normalized spacial score (nSPS) is 19.8. The largest absolute Gasteiger partial charge is 0.507 e. The van der Waals surface area contributed by atoms with Gasteiger partial charge in [-0.3, -0.25) is 0 Å². The lowest BCUT2D eigenvalue weighted by atomic mass is 9.96. The Balaban J connectivity index is 1.51. The smallest absolute Gasteiger partial charge is 0.233 e. The van der Waals surface area contributed by atoms with E-state index in [1.807, 2.05) is 6.07 Å². The molecule has 2 atom stereocenters. The second-order valence-corrected chi connectivity index (χ2v) is 6.69. The first-order valence-corrected chi connectivity index (χ1v) is 9.01. The highest BCUT2D eigenvalue weighted by Gasteiger charge is 2.26. The standard InChI is InChI=1S/C20H20FN3O3/c1-12-22-11-19(26-12)13-6-7-14(17(25)10-13)16-8-9-20(24-23-16)27-18-5-3-2-4-15(18)21/h6-11,15,18,25H,2-5H2,1H3/t15-,18+/m1/s1. The molecule has 6 nitrogen and oxygen atoms in total. The number of ether oxygens (including phenoxy) is 1. The minimum Gasteiger partial charge on any atom is -0.507 e. The second kappa shape index (κ2) is 7.34. The fourth-order valence-corrected chi connectivity index (χ4v) is 3.26. The van der Waals surface area contributed by atoms with Gasteiger partial charge in [0.2, 0.25) is 5.88 Å². The summed E-state index contributed by atoms with van der Waals surface area (Å²) in [5.41, 5.74) is 1.76. The van der Waals surface area contributed by atoms with Crippen molar-refractivity contribution in [2.45, 2.75) is 44.9 Å². The molecule has 0 aliphatic heterocycles. The van der Waals surface area contributed by atoms with Gasteiger partial charge in [0.1, 0.15) is 18.0 Å². The molecule has 1 aliphatic rings. The molecule has 0 bridgehead atoms. The lowest BCUT2D eigenvalue weighted by Crippen LogP contribution is -2.32. The minimum absolute atomic E-state index is 0.0561. The fraction of sp³-hybridized carbons (Fsp3) is 0.350. The maximum absolute atomic E-state index is 13.9. The molecular formula is C20H20FN3O3. The molecule has 2 aromatic heterocycles. The SMILES string of the molecule is Cc1ncc(-c2ccc(-c3ccc(O[C@H]4CCCC[C@H]4F)nn3)c(O)c2)o1. The number of phenolic OH excluding ortho intramolecular Hbond substituents is 1. The number of aromatic hydroxyl groups is 1. The number of nitrogens with zero attached hydrogens (tertiary/aromatic N) is 3. The Bertz CT molecular complexity index is 926. The molecule has 0 amide bonds. The van der Waals surface area contributed by atoms with Crippen LogP contribution in [-0.4, -0.2) is 32.6 Å². The molecule has 1 saturated carbocycles. The van der Waals surface area contributed by atoms with Crippen molar-refractivity contribution in [1.29, 1.82) is 0 Å². The first-order valence-electron chi connectivity index (χ1n) is 9.01. The number of aryl methyl sites for hydroxylation is 1. The van der Waals surface area contributed by atoms with E-state index in [1.54, 1.807) is 37.4 Å². The summed E-state index contributed by atoms with van der Waals surface area (Å²) >= 11 is 0. The average Bonchev–Trinajstić information content (AvgIpc) is 3.11. The molecule has 7 heteroatoms. The summed E-state index contributed by atoms with van der Waals surface area (Å²) in [4.78, 5) is 4.05. The van der Waals surface area contributed by atoms with E-state index in [4.69, 9.17) is 9.15 Å². The van der Waals surface area contributed by atoms with Crippen LogP contribution in [0.5, 0.6) is 11.6 Å². The zero-order valence-electron chi connectivity index (χ0n) is 14.9. The van der Waals surface area contributed by atoms with Gasteiger partial charge in [-0.15, -0.1) is 10.2 Å². The molecule has 0 saturated heterocycles. The first kappa shape index (κ1) is 17.5. The topological polar surface area (TPSA) is 81.3 Å². The Morgan fingerprint density at radius 3 is 2.67 bits per heavy atom. The predicted molar refractivity (Wildman–Crippen MR) is 97.1 cm³/mol. The zero-order valence-corrected chi connectivity index (χ0v) is 14.9. The Hall–Kier alpha value is -2.96. The predicted octanol–water partition coefficient (Wildman–Crippen LogP) is 4.47. The Labute approximate surface area is 156 Å². The lowest BCUT2D eigenvalue weighted by molar-refractivity contribution is 0.0594. The van der Waals surface area contributed by atoms with E-state index in [-0.39, 0.29) is 5.75 Å². The molecule has 2 heterocycles. The number of oxazole rings is 1. The number of hydrogen-bond donors (Lipinski definition) is 1. The van der Waals surface area contributed by atoms with Gasteiger partial charge in [-0.05, 0) is 37.5 Å². The summed E-state index contributed by atoms with van der Waals surface area (Å²) in [6, 6.07) is 8.50. The summed E-state index contributed by atoms with van der Waals surface area (Å²) in [5, 5.41) is 18.5. The second-order valence-electron chi connectivity index (χ2n) is 6.69. The van der Waals surface area contributed by atoms with E-state index in [1.165, 1.54) is 0 Å². The number of rotatable bonds is 4. The van der Waals surface area contributed by atoms with Crippen molar-refractivity contribution in [3.05, 3.63) is 42.4 Å². The van der Waals surface area contributed by atoms with Crippen LogP contribution in [0.1, 0.15) is 31.6 Å². The summed E-state index contributed by atoms with van der Waals surface area (Å²) < 4.78 is 25.0. The highest BCUT2D eigenvalue weighted by molar-refractivity contribution is 5.72. The first-order chi connectivity index (χ1) is 13.1. The quantitative estimate of drug-likeness (QED) is 0.731. The van der Waals surface area contributed by atoms with Gasteiger partial charge in [-0.25, -0.2) is 9.37 Å². The van der Waals surface area contributed by atoms with Crippen LogP contribution in [0.25, 0.3) is 22.6 Å². The highest BCUT2D eigenvalue weighted by atomic mass is 19.1. The Morgan fingerprint density at radius 2 is 2.00 bits per heavy atom. The summed E-state index contributed by atoms with van der Waals surface area (Å²) in [6.45, 7) is 1.76. The Kier molecular flexibility index (Phi) is 4.75. The third kappa shape index (κ3) is 3.77. The van der Waals surface area contributed by atoms with Gasteiger partial charge in [0.25, 0.3) is 0 Å².